The van der Waals surface area contributed by atoms with Gasteiger partial charge < -0.3 is 15.2 Å². The van der Waals surface area contributed by atoms with Crippen LogP contribution in [0.1, 0.15) is 68.0 Å². The van der Waals surface area contributed by atoms with Crippen molar-refractivity contribution in [3.8, 4) is 0 Å². The predicted octanol–water partition coefficient (Wildman–Crippen LogP) is 4.54. The van der Waals surface area contributed by atoms with Crippen LogP contribution in [0.15, 0.2) is 11.4 Å². The second kappa shape index (κ2) is 9.67. The van der Waals surface area contributed by atoms with Crippen LogP contribution in [0.2, 0.25) is 0 Å². The lowest BCUT2D eigenvalue weighted by Gasteiger charge is -2.31. The molecule has 1 unspecified atom stereocenters. The van der Waals surface area contributed by atoms with Crippen molar-refractivity contribution in [1.82, 2.24) is 0 Å². The Hall–Kier alpha value is -1.56. The number of thiophene rings is 1. The van der Waals surface area contributed by atoms with Gasteiger partial charge in [-0.3, -0.25) is 4.79 Å². The number of carboxylic acids is 1. The Morgan fingerprint density at radius 1 is 1.38 bits per heavy atom. The lowest BCUT2D eigenvalue weighted by Crippen LogP contribution is -2.31. The lowest BCUT2D eigenvalue weighted by atomic mass is 9.82. The second-order valence-corrected chi connectivity index (χ2v) is 7.23. The number of esters is 1. The molecule has 1 atom stereocenters. The van der Waals surface area contributed by atoms with Crippen LogP contribution in [-0.4, -0.2) is 29.7 Å². The van der Waals surface area contributed by atoms with Crippen LogP contribution >= 0.6 is 11.3 Å². The summed E-state index contributed by atoms with van der Waals surface area (Å²) in [6, 6.07) is 2.06. The maximum Gasteiger partial charge on any atom is 0.348 e. The summed E-state index contributed by atoms with van der Waals surface area (Å²) in [6.07, 6.45) is 8.14. The van der Waals surface area contributed by atoms with Gasteiger partial charge in [0, 0.05) is 12.5 Å². The molecule has 134 valence electrons. The highest BCUT2D eigenvalue weighted by atomic mass is 32.1. The highest BCUT2D eigenvalue weighted by Gasteiger charge is 2.25. The first-order chi connectivity index (χ1) is 11.6. The minimum absolute atomic E-state index is 0.151. The van der Waals surface area contributed by atoms with Crippen molar-refractivity contribution in [1.29, 1.82) is 0 Å². The zero-order chi connectivity index (χ0) is 17.4. The van der Waals surface area contributed by atoms with Crippen LogP contribution in [0, 0.1) is 5.92 Å². The number of carbonyl (C=O) groups excluding carboxylic acids is 1. The van der Waals surface area contributed by atoms with E-state index in [4.69, 9.17) is 4.74 Å². The molecular formula is C18H27NO4S. The summed E-state index contributed by atoms with van der Waals surface area (Å²) >= 11 is 1.25. The third-order valence-corrected chi connectivity index (χ3v) is 5.52. The topological polar surface area (TPSA) is 75.6 Å². The van der Waals surface area contributed by atoms with Gasteiger partial charge in [0.2, 0.25) is 0 Å². The highest BCUT2D eigenvalue weighted by Crippen LogP contribution is 2.32. The average Bonchev–Trinajstić information content (AvgIpc) is 3.03. The fourth-order valence-corrected chi connectivity index (χ4v) is 4.14. The minimum atomic E-state index is -0.888. The van der Waals surface area contributed by atoms with Gasteiger partial charge in [0.25, 0.3) is 0 Å². The quantitative estimate of drug-likeness (QED) is 0.637. The zero-order valence-electron chi connectivity index (χ0n) is 14.3. The van der Waals surface area contributed by atoms with Crippen molar-refractivity contribution in [2.45, 2.75) is 64.3 Å². The molecule has 1 heterocycles. The summed E-state index contributed by atoms with van der Waals surface area (Å²) in [5.41, 5.74) is 0.708. The molecule has 1 saturated carbocycles. The van der Waals surface area contributed by atoms with Crippen molar-refractivity contribution >= 4 is 29.0 Å². The van der Waals surface area contributed by atoms with Gasteiger partial charge >= 0.3 is 11.9 Å². The van der Waals surface area contributed by atoms with Gasteiger partial charge in [-0.05, 0) is 50.0 Å². The van der Waals surface area contributed by atoms with E-state index in [9.17, 15) is 14.7 Å². The van der Waals surface area contributed by atoms with Crippen LogP contribution in [0.3, 0.4) is 0 Å². The van der Waals surface area contributed by atoms with E-state index in [0.717, 1.165) is 12.8 Å². The smallest absolute Gasteiger partial charge is 0.348 e. The first-order valence-corrected chi connectivity index (χ1v) is 9.72. The van der Waals surface area contributed by atoms with E-state index in [1.807, 2.05) is 18.4 Å². The Balaban J connectivity index is 1.98. The van der Waals surface area contributed by atoms with E-state index >= 15 is 0 Å². The Bertz CT molecular complexity index is 537. The van der Waals surface area contributed by atoms with E-state index in [-0.39, 0.29) is 12.0 Å². The number of nitrogens with one attached hydrogen (secondary N) is 1. The molecule has 0 bridgehead atoms. The average molecular weight is 353 g/mol. The Morgan fingerprint density at radius 3 is 2.79 bits per heavy atom. The van der Waals surface area contributed by atoms with Gasteiger partial charge in [-0.2, -0.15) is 0 Å². The van der Waals surface area contributed by atoms with Crippen molar-refractivity contribution in [2.75, 3.05) is 11.9 Å². The zero-order valence-corrected chi connectivity index (χ0v) is 15.1. The standard InChI is InChI=1S/C18H27NO4S/c1-2-23-16(20)10-6-9-14(13-7-4-3-5-8-13)19-15-11-12-24-17(15)18(21)22/h11-14,19H,2-10H2,1H3,(H,21,22). The first-order valence-electron chi connectivity index (χ1n) is 8.84. The Kier molecular flexibility index (Phi) is 7.56. The molecular weight excluding hydrogens is 326 g/mol. The number of rotatable bonds is 9. The SMILES string of the molecule is CCOC(=O)CCCC(Nc1ccsc1C(=O)O)C1CCCCC1. The molecule has 1 aliphatic carbocycles. The molecule has 0 saturated heterocycles. The summed E-state index contributed by atoms with van der Waals surface area (Å²) in [5.74, 6) is -0.495. The van der Waals surface area contributed by atoms with Crippen molar-refractivity contribution in [3.05, 3.63) is 16.3 Å². The van der Waals surface area contributed by atoms with Crippen LogP contribution in [0.4, 0.5) is 5.69 Å². The number of carbonyl (C=O) groups is 2. The van der Waals surface area contributed by atoms with E-state index < -0.39 is 5.97 Å². The molecule has 0 spiro atoms. The minimum Gasteiger partial charge on any atom is -0.477 e. The molecule has 1 aromatic heterocycles. The molecule has 2 rings (SSSR count). The van der Waals surface area contributed by atoms with Gasteiger partial charge in [0.1, 0.15) is 4.88 Å². The molecule has 0 aromatic carbocycles. The highest BCUT2D eigenvalue weighted by molar-refractivity contribution is 7.12. The molecule has 0 aliphatic heterocycles. The number of hydrogen-bond acceptors (Lipinski definition) is 5. The van der Waals surface area contributed by atoms with Crippen LogP contribution in [0.25, 0.3) is 0 Å². The normalized spacial score (nSPS) is 16.5. The van der Waals surface area contributed by atoms with Crippen molar-refractivity contribution in [3.63, 3.8) is 0 Å². The fourth-order valence-electron chi connectivity index (χ4n) is 3.45. The van der Waals surface area contributed by atoms with E-state index in [1.165, 1.54) is 43.4 Å². The monoisotopic (exact) mass is 353 g/mol. The maximum absolute atomic E-state index is 11.5. The number of hydrogen-bond donors (Lipinski definition) is 2. The molecule has 1 fully saturated rings. The second-order valence-electron chi connectivity index (χ2n) is 6.31. The largest absolute Gasteiger partial charge is 0.477 e. The molecule has 1 aliphatic rings. The van der Waals surface area contributed by atoms with Gasteiger partial charge in [0.15, 0.2) is 0 Å². The molecule has 6 heteroatoms. The van der Waals surface area contributed by atoms with Crippen LogP contribution in [0.5, 0.6) is 0 Å². The summed E-state index contributed by atoms with van der Waals surface area (Å²) in [7, 11) is 0. The summed E-state index contributed by atoms with van der Waals surface area (Å²) in [5, 5.41) is 14.6. The van der Waals surface area contributed by atoms with E-state index in [2.05, 4.69) is 5.32 Å². The van der Waals surface area contributed by atoms with E-state index in [0.29, 0.717) is 29.5 Å². The van der Waals surface area contributed by atoms with Crippen molar-refractivity contribution in [2.24, 2.45) is 5.92 Å². The number of ether oxygens (including phenoxy) is 1. The third kappa shape index (κ3) is 5.51. The van der Waals surface area contributed by atoms with Crippen molar-refractivity contribution < 1.29 is 19.4 Å². The molecule has 24 heavy (non-hydrogen) atoms. The van der Waals surface area contributed by atoms with E-state index in [1.54, 1.807) is 0 Å². The molecule has 1 aromatic rings. The first kappa shape index (κ1) is 18.8. The summed E-state index contributed by atoms with van der Waals surface area (Å²) in [6.45, 7) is 2.23. The molecule has 0 radical (unpaired) electrons. The predicted molar refractivity (Wildman–Crippen MR) is 95.7 cm³/mol. The van der Waals surface area contributed by atoms with Gasteiger partial charge in [-0.15, -0.1) is 11.3 Å². The maximum atomic E-state index is 11.5. The molecule has 2 N–H and O–H groups in total. The Morgan fingerprint density at radius 2 is 2.12 bits per heavy atom. The number of aromatic carboxylic acids is 1. The van der Waals surface area contributed by atoms with Gasteiger partial charge in [-0.25, -0.2) is 4.79 Å². The Labute approximate surface area is 147 Å². The fraction of sp³-hybridized carbons (Fsp3) is 0.667. The lowest BCUT2D eigenvalue weighted by molar-refractivity contribution is -0.143. The van der Waals surface area contributed by atoms with Crippen LogP contribution in [-0.2, 0) is 9.53 Å². The van der Waals surface area contributed by atoms with Crippen LogP contribution < -0.4 is 5.32 Å². The van der Waals surface area contributed by atoms with Gasteiger partial charge in [-0.1, -0.05) is 19.3 Å². The van der Waals surface area contributed by atoms with Gasteiger partial charge in [0.05, 0.1) is 12.3 Å². The molecule has 5 nitrogen and oxygen atoms in total. The summed E-state index contributed by atoms with van der Waals surface area (Å²) in [4.78, 5) is 23.2. The third-order valence-electron chi connectivity index (χ3n) is 4.62. The summed E-state index contributed by atoms with van der Waals surface area (Å²) < 4.78 is 4.99. The number of anilines is 1. The molecule has 0 amide bonds. The number of carboxylic acid groups (broad SMARTS) is 1.